The normalized spacial score (nSPS) is 12.6. The van der Waals surface area contributed by atoms with Crippen LogP contribution in [0.3, 0.4) is 0 Å². The number of carbonyl (C=O) groups is 1. The number of para-hydroxylation sites is 1. The van der Waals surface area contributed by atoms with Crippen molar-refractivity contribution in [1.29, 1.82) is 0 Å². The van der Waals surface area contributed by atoms with E-state index in [4.69, 9.17) is 5.73 Å². The van der Waals surface area contributed by atoms with Crippen LogP contribution in [0.2, 0.25) is 0 Å². The second kappa shape index (κ2) is 5.23. The Balaban J connectivity index is 2.23. The summed E-state index contributed by atoms with van der Waals surface area (Å²) in [5, 5.41) is 1.06. The number of fused-ring (bicyclic) bond motifs is 1. The number of nitrogens with two attached hydrogens (primary N) is 1. The molecule has 18 heavy (non-hydrogen) atoms. The number of hydrogen-bond donors (Lipinski definition) is 2. The predicted octanol–water partition coefficient (Wildman–Crippen LogP) is 2.12. The Hall–Kier alpha value is -1.81. The largest absolute Gasteiger partial charge is 0.359 e. The van der Waals surface area contributed by atoms with E-state index in [1.54, 1.807) is 11.9 Å². The van der Waals surface area contributed by atoms with Gasteiger partial charge < -0.3 is 15.6 Å². The van der Waals surface area contributed by atoms with E-state index in [9.17, 15) is 4.79 Å². The topological polar surface area (TPSA) is 62.1 Å². The van der Waals surface area contributed by atoms with Gasteiger partial charge in [0.1, 0.15) is 0 Å². The molecule has 1 atom stereocenters. The van der Waals surface area contributed by atoms with Crippen molar-refractivity contribution in [2.75, 3.05) is 18.5 Å². The van der Waals surface area contributed by atoms with Crippen LogP contribution in [0.5, 0.6) is 0 Å². The Morgan fingerprint density at radius 1 is 1.44 bits per heavy atom. The quantitative estimate of drug-likeness (QED) is 0.866. The minimum atomic E-state index is 0.0951. The summed E-state index contributed by atoms with van der Waals surface area (Å²) in [4.78, 5) is 17.0. The molecule has 1 aromatic carbocycles. The van der Waals surface area contributed by atoms with Gasteiger partial charge in [0.05, 0.1) is 5.69 Å². The fourth-order valence-corrected chi connectivity index (χ4v) is 1.99. The van der Waals surface area contributed by atoms with Crippen molar-refractivity contribution in [2.24, 2.45) is 11.7 Å². The van der Waals surface area contributed by atoms with Crippen molar-refractivity contribution in [2.45, 2.75) is 13.3 Å². The Morgan fingerprint density at radius 3 is 2.89 bits per heavy atom. The van der Waals surface area contributed by atoms with E-state index in [2.05, 4.69) is 4.98 Å². The Morgan fingerprint density at radius 2 is 2.17 bits per heavy atom. The lowest BCUT2D eigenvalue weighted by molar-refractivity contribution is -0.119. The van der Waals surface area contributed by atoms with Gasteiger partial charge in [-0.1, -0.05) is 25.1 Å². The standard InChI is InChI=1S/C14H19N3O/c1-10(8-15)7-14(18)17(2)13-9-16-12-6-4-3-5-11(12)13/h3-6,9-10,16H,7-8,15H2,1-2H3. The highest BCUT2D eigenvalue weighted by molar-refractivity contribution is 6.02. The van der Waals surface area contributed by atoms with Crippen molar-refractivity contribution in [3.8, 4) is 0 Å². The zero-order valence-corrected chi connectivity index (χ0v) is 10.8. The van der Waals surface area contributed by atoms with E-state index in [-0.39, 0.29) is 11.8 Å². The first-order chi connectivity index (χ1) is 8.63. The van der Waals surface area contributed by atoms with Gasteiger partial charge in [0.2, 0.25) is 5.91 Å². The number of benzene rings is 1. The van der Waals surface area contributed by atoms with E-state index in [0.717, 1.165) is 16.6 Å². The summed E-state index contributed by atoms with van der Waals surface area (Å²) in [5.74, 6) is 0.308. The number of nitrogens with zero attached hydrogens (tertiary/aromatic N) is 1. The monoisotopic (exact) mass is 245 g/mol. The number of anilines is 1. The van der Waals surface area contributed by atoms with Crippen molar-refractivity contribution < 1.29 is 4.79 Å². The lowest BCUT2D eigenvalue weighted by Crippen LogP contribution is -2.29. The highest BCUT2D eigenvalue weighted by Crippen LogP contribution is 2.26. The van der Waals surface area contributed by atoms with Crippen molar-refractivity contribution in [3.63, 3.8) is 0 Å². The van der Waals surface area contributed by atoms with Gasteiger partial charge in [-0.2, -0.15) is 0 Å². The van der Waals surface area contributed by atoms with Crippen molar-refractivity contribution >= 4 is 22.5 Å². The zero-order chi connectivity index (χ0) is 13.1. The number of amides is 1. The lowest BCUT2D eigenvalue weighted by atomic mass is 10.1. The third-order valence-electron chi connectivity index (χ3n) is 3.23. The smallest absolute Gasteiger partial charge is 0.227 e. The molecule has 0 saturated heterocycles. The summed E-state index contributed by atoms with van der Waals surface area (Å²) in [6.45, 7) is 2.52. The molecule has 96 valence electrons. The van der Waals surface area contributed by atoms with Crippen LogP contribution >= 0.6 is 0 Å². The average molecular weight is 245 g/mol. The molecular weight excluding hydrogens is 226 g/mol. The average Bonchev–Trinajstić information content (AvgIpc) is 2.81. The maximum Gasteiger partial charge on any atom is 0.227 e. The van der Waals surface area contributed by atoms with Crippen LogP contribution < -0.4 is 10.6 Å². The molecule has 4 heteroatoms. The van der Waals surface area contributed by atoms with Gasteiger partial charge in [-0.05, 0) is 18.5 Å². The number of nitrogens with one attached hydrogen (secondary N) is 1. The van der Waals surface area contributed by atoms with E-state index in [1.165, 1.54) is 0 Å². The number of hydrogen-bond acceptors (Lipinski definition) is 2. The summed E-state index contributed by atoms with van der Waals surface area (Å²) in [7, 11) is 1.81. The summed E-state index contributed by atoms with van der Waals surface area (Å²) in [5.41, 5.74) is 7.51. The van der Waals surface area contributed by atoms with Crippen LogP contribution in [0.1, 0.15) is 13.3 Å². The van der Waals surface area contributed by atoms with Crippen LogP contribution in [-0.4, -0.2) is 24.5 Å². The second-order valence-electron chi connectivity index (χ2n) is 4.72. The zero-order valence-electron chi connectivity index (χ0n) is 10.8. The van der Waals surface area contributed by atoms with Gasteiger partial charge in [0.15, 0.2) is 0 Å². The van der Waals surface area contributed by atoms with Crippen LogP contribution in [0.15, 0.2) is 30.5 Å². The van der Waals surface area contributed by atoms with E-state index in [0.29, 0.717) is 13.0 Å². The van der Waals surface area contributed by atoms with E-state index >= 15 is 0 Å². The molecule has 0 radical (unpaired) electrons. The first-order valence-corrected chi connectivity index (χ1v) is 6.16. The molecule has 0 aliphatic carbocycles. The van der Waals surface area contributed by atoms with Gasteiger partial charge >= 0.3 is 0 Å². The molecule has 0 aliphatic rings. The second-order valence-corrected chi connectivity index (χ2v) is 4.72. The fraction of sp³-hybridized carbons (Fsp3) is 0.357. The molecule has 0 spiro atoms. The van der Waals surface area contributed by atoms with Gasteiger partial charge in [-0.3, -0.25) is 4.79 Å². The highest BCUT2D eigenvalue weighted by atomic mass is 16.2. The van der Waals surface area contributed by atoms with Gasteiger partial charge in [-0.15, -0.1) is 0 Å². The molecule has 4 nitrogen and oxygen atoms in total. The number of H-pyrrole nitrogens is 1. The maximum absolute atomic E-state index is 12.1. The van der Waals surface area contributed by atoms with Crippen LogP contribution in [-0.2, 0) is 4.79 Å². The molecule has 0 saturated carbocycles. The minimum absolute atomic E-state index is 0.0951. The molecule has 1 aromatic heterocycles. The maximum atomic E-state index is 12.1. The SMILES string of the molecule is CC(CN)CC(=O)N(C)c1c[nH]c2ccccc12. The highest BCUT2D eigenvalue weighted by Gasteiger charge is 2.16. The van der Waals surface area contributed by atoms with Crippen LogP contribution in [0.4, 0.5) is 5.69 Å². The van der Waals surface area contributed by atoms with Crippen LogP contribution in [0, 0.1) is 5.92 Å². The number of aromatic nitrogens is 1. The van der Waals surface area contributed by atoms with Gasteiger partial charge in [0.25, 0.3) is 0 Å². The summed E-state index contributed by atoms with van der Waals surface area (Å²) >= 11 is 0. The Kier molecular flexibility index (Phi) is 3.67. The first-order valence-electron chi connectivity index (χ1n) is 6.16. The Labute approximate surface area is 107 Å². The van der Waals surface area contributed by atoms with Gasteiger partial charge in [-0.25, -0.2) is 0 Å². The number of carbonyl (C=O) groups excluding carboxylic acids is 1. The molecule has 0 bridgehead atoms. The van der Waals surface area contributed by atoms with Crippen LogP contribution in [0.25, 0.3) is 10.9 Å². The summed E-state index contributed by atoms with van der Waals surface area (Å²) in [6, 6.07) is 7.96. The molecule has 0 aliphatic heterocycles. The van der Waals surface area contributed by atoms with E-state index in [1.807, 2.05) is 37.4 Å². The minimum Gasteiger partial charge on any atom is -0.359 e. The summed E-state index contributed by atoms with van der Waals surface area (Å²) in [6.07, 6.45) is 2.35. The number of rotatable bonds is 4. The molecule has 3 N–H and O–H groups in total. The summed E-state index contributed by atoms with van der Waals surface area (Å²) < 4.78 is 0. The van der Waals surface area contributed by atoms with Crippen molar-refractivity contribution in [1.82, 2.24) is 4.98 Å². The third kappa shape index (κ3) is 2.38. The molecule has 1 unspecified atom stereocenters. The predicted molar refractivity (Wildman–Crippen MR) is 74.5 cm³/mol. The first kappa shape index (κ1) is 12.6. The third-order valence-corrected chi connectivity index (χ3v) is 3.23. The molecule has 2 rings (SSSR count). The van der Waals surface area contributed by atoms with Gasteiger partial charge in [0, 0.05) is 30.6 Å². The lowest BCUT2D eigenvalue weighted by Gasteiger charge is -2.18. The number of aromatic amines is 1. The van der Waals surface area contributed by atoms with Crippen molar-refractivity contribution in [3.05, 3.63) is 30.5 Å². The molecule has 2 aromatic rings. The molecule has 0 fully saturated rings. The van der Waals surface area contributed by atoms with E-state index < -0.39 is 0 Å². The molecule has 1 amide bonds. The Bertz CT molecular complexity index is 547. The fourth-order valence-electron chi connectivity index (χ4n) is 1.99. The molecule has 1 heterocycles. The molecular formula is C14H19N3O.